The maximum Gasteiger partial charge on any atom is 0.261 e. The number of rotatable bonds is 5. The van der Waals surface area contributed by atoms with Crippen molar-refractivity contribution in [1.82, 2.24) is 14.8 Å². The summed E-state index contributed by atoms with van der Waals surface area (Å²) in [5, 5.41) is 8.82. The van der Waals surface area contributed by atoms with Gasteiger partial charge < -0.3 is 0 Å². The molecule has 0 spiro atoms. The average Bonchev–Trinajstić information content (AvgIpc) is 3.26. The molecule has 146 valence electrons. The molecule has 0 fully saturated rings. The van der Waals surface area contributed by atoms with Crippen molar-refractivity contribution in [3.8, 4) is 11.3 Å². The van der Waals surface area contributed by atoms with E-state index in [4.69, 9.17) is 11.6 Å². The van der Waals surface area contributed by atoms with E-state index < -0.39 is 0 Å². The first-order valence-corrected chi connectivity index (χ1v) is 10.3. The molecule has 1 N–H and O–H groups in total. The number of carbonyl (C=O) groups is 1. The first-order valence-electron chi connectivity index (χ1n) is 9.12. The van der Waals surface area contributed by atoms with Crippen LogP contribution in [0.4, 0.5) is 5.13 Å². The maximum absolute atomic E-state index is 13.0. The summed E-state index contributed by atoms with van der Waals surface area (Å²) < 4.78 is 1.78. The van der Waals surface area contributed by atoms with Crippen LogP contribution in [-0.2, 0) is 6.54 Å². The van der Waals surface area contributed by atoms with Gasteiger partial charge in [0.2, 0.25) is 0 Å². The van der Waals surface area contributed by atoms with Crippen molar-refractivity contribution in [3.63, 3.8) is 0 Å². The summed E-state index contributed by atoms with van der Waals surface area (Å²) in [6.07, 6.45) is 1.78. The number of thiazole rings is 1. The van der Waals surface area contributed by atoms with Crippen LogP contribution in [-0.4, -0.2) is 20.7 Å². The lowest BCUT2D eigenvalue weighted by atomic mass is 10.1. The zero-order valence-corrected chi connectivity index (χ0v) is 17.6. The predicted molar refractivity (Wildman–Crippen MR) is 118 cm³/mol. The van der Waals surface area contributed by atoms with Gasteiger partial charge in [0.05, 0.1) is 17.8 Å². The number of nitrogens with zero attached hydrogens (tertiary/aromatic N) is 3. The van der Waals surface area contributed by atoms with E-state index in [0.29, 0.717) is 28.0 Å². The van der Waals surface area contributed by atoms with Gasteiger partial charge in [-0.05, 0) is 31.5 Å². The minimum Gasteiger partial charge on any atom is -0.298 e. The van der Waals surface area contributed by atoms with Crippen LogP contribution >= 0.6 is 22.9 Å². The molecular weight excluding hydrogens is 404 g/mol. The summed E-state index contributed by atoms with van der Waals surface area (Å²) in [5.41, 5.74) is 3.96. The van der Waals surface area contributed by atoms with Gasteiger partial charge in [0.1, 0.15) is 5.69 Å². The molecule has 0 bridgehead atoms. The molecule has 1 amide bonds. The van der Waals surface area contributed by atoms with Gasteiger partial charge in [-0.3, -0.25) is 14.8 Å². The molecule has 0 aliphatic carbocycles. The van der Waals surface area contributed by atoms with E-state index in [1.54, 1.807) is 23.0 Å². The molecule has 29 heavy (non-hydrogen) atoms. The number of hydrogen-bond donors (Lipinski definition) is 1. The highest BCUT2D eigenvalue weighted by molar-refractivity contribution is 7.15. The van der Waals surface area contributed by atoms with Crippen LogP contribution in [0.2, 0.25) is 5.02 Å². The molecule has 0 atom stereocenters. The van der Waals surface area contributed by atoms with Crippen LogP contribution in [0.5, 0.6) is 0 Å². The Bertz CT molecular complexity index is 1130. The number of halogens is 1. The summed E-state index contributed by atoms with van der Waals surface area (Å²) >= 11 is 7.49. The molecule has 0 radical (unpaired) electrons. The predicted octanol–water partition coefficient (Wildman–Crippen LogP) is 5.58. The first-order chi connectivity index (χ1) is 14.0. The van der Waals surface area contributed by atoms with Gasteiger partial charge in [-0.25, -0.2) is 4.98 Å². The molecule has 4 aromatic rings. The Hall–Kier alpha value is -2.96. The Morgan fingerprint density at radius 2 is 1.83 bits per heavy atom. The normalized spacial score (nSPS) is 10.9. The van der Waals surface area contributed by atoms with Crippen molar-refractivity contribution in [2.45, 2.75) is 20.4 Å². The van der Waals surface area contributed by atoms with Gasteiger partial charge in [0.25, 0.3) is 5.91 Å². The molecule has 4 rings (SSSR count). The Morgan fingerprint density at radius 3 is 2.48 bits per heavy atom. The van der Waals surface area contributed by atoms with Crippen molar-refractivity contribution in [2.24, 2.45) is 0 Å². The van der Waals surface area contributed by atoms with E-state index in [1.165, 1.54) is 11.3 Å². The highest BCUT2D eigenvalue weighted by Crippen LogP contribution is 2.27. The number of aromatic nitrogens is 3. The van der Waals surface area contributed by atoms with Gasteiger partial charge >= 0.3 is 0 Å². The van der Waals surface area contributed by atoms with Gasteiger partial charge in [0, 0.05) is 21.7 Å². The van der Waals surface area contributed by atoms with Crippen LogP contribution in [0.1, 0.15) is 26.5 Å². The molecule has 5 nitrogen and oxygen atoms in total. The molecule has 7 heteroatoms. The fourth-order valence-electron chi connectivity index (χ4n) is 2.95. The van der Waals surface area contributed by atoms with Crippen LogP contribution in [0.3, 0.4) is 0 Å². The molecule has 2 heterocycles. The molecule has 0 aliphatic rings. The number of carbonyl (C=O) groups excluding carboxylic acids is 1. The zero-order valence-electron chi connectivity index (χ0n) is 16.0. The van der Waals surface area contributed by atoms with Crippen LogP contribution in [0, 0.1) is 13.8 Å². The summed E-state index contributed by atoms with van der Waals surface area (Å²) in [6.45, 7) is 4.49. The van der Waals surface area contributed by atoms with E-state index in [1.807, 2.05) is 56.3 Å². The number of anilines is 1. The third-order valence-corrected chi connectivity index (χ3v) is 5.80. The third-order valence-electron chi connectivity index (χ3n) is 4.56. The summed E-state index contributed by atoms with van der Waals surface area (Å²) in [5.74, 6) is -0.233. The third kappa shape index (κ3) is 4.39. The SMILES string of the molecule is Cc1nc(NC(=O)c2cn(Cc3ccccc3)nc2-c2ccc(Cl)cc2)sc1C. The Morgan fingerprint density at radius 1 is 1.10 bits per heavy atom. The van der Waals surface area contributed by atoms with Crippen molar-refractivity contribution >= 4 is 34.0 Å². The molecule has 0 unspecified atom stereocenters. The van der Waals surface area contributed by atoms with Gasteiger partial charge in [-0.1, -0.05) is 54.1 Å². The Kier molecular flexibility index (Phi) is 5.47. The second-order valence-corrected chi connectivity index (χ2v) is 8.34. The van der Waals surface area contributed by atoms with Crippen LogP contribution in [0.15, 0.2) is 60.8 Å². The quantitative estimate of drug-likeness (QED) is 0.456. The lowest BCUT2D eigenvalue weighted by molar-refractivity contribution is 0.102. The highest BCUT2D eigenvalue weighted by Gasteiger charge is 2.19. The summed E-state index contributed by atoms with van der Waals surface area (Å²) in [7, 11) is 0. The van der Waals surface area contributed by atoms with Crippen molar-refractivity contribution in [1.29, 1.82) is 0 Å². The molecule has 0 aliphatic heterocycles. The van der Waals surface area contributed by atoms with Crippen LogP contribution < -0.4 is 5.32 Å². The summed E-state index contributed by atoms with van der Waals surface area (Å²) in [4.78, 5) is 18.5. The van der Waals surface area contributed by atoms with E-state index in [-0.39, 0.29) is 5.91 Å². The Balaban J connectivity index is 1.69. The van der Waals surface area contributed by atoms with Crippen molar-refractivity contribution in [3.05, 3.63) is 87.5 Å². The number of nitrogens with one attached hydrogen (secondary N) is 1. The van der Waals surface area contributed by atoms with Gasteiger partial charge in [0.15, 0.2) is 5.13 Å². The standard InChI is InChI=1S/C22H19ClN4OS/c1-14-15(2)29-22(24-14)25-21(28)19-13-27(12-16-6-4-3-5-7-16)26-20(19)17-8-10-18(23)11-9-17/h3-11,13H,12H2,1-2H3,(H,24,25,28). The molecular formula is C22H19ClN4OS. The van der Waals surface area contributed by atoms with E-state index >= 15 is 0 Å². The molecule has 0 saturated carbocycles. The number of hydrogen-bond acceptors (Lipinski definition) is 4. The average molecular weight is 423 g/mol. The van der Waals surface area contributed by atoms with Crippen molar-refractivity contribution < 1.29 is 4.79 Å². The number of aryl methyl sites for hydroxylation is 2. The van der Waals surface area contributed by atoms with Gasteiger partial charge in [-0.15, -0.1) is 11.3 Å². The number of amides is 1. The fraction of sp³-hybridized carbons (Fsp3) is 0.136. The minimum atomic E-state index is -0.233. The molecule has 2 aromatic heterocycles. The number of benzene rings is 2. The lowest BCUT2D eigenvalue weighted by Gasteiger charge is -2.03. The summed E-state index contributed by atoms with van der Waals surface area (Å²) in [6, 6.07) is 17.3. The highest BCUT2D eigenvalue weighted by atomic mass is 35.5. The van der Waals surface area contributed by atoms with E-state index in [0.717, 1.165) is 21.7 Å². The van der Waals surface area contributed by atoms with E-state index in [9.17, 15) is 4.79 Å². The minimum absolute atomic E-state index is 0.233. The zero-order chi connectivity index (χ0) is 20.4. The largest absolute Gasteiger partial charge is 0.298 e. The van der Waals surface area contributed by atoms with Crippen molar-refractivity contribution in [2.75, 3.05) is 5.32 Å². The van der Waals surface area contributed by atoms with Crippen LogP contribution in [0.25, 0.3) is 11.3 Å². The lowest BCUT2D eigenvalue weighted by Crippen LogP contribution is -2.12. The smallest absolute Gasteiger partial charge is 0.261 e. The van der Waals surface area contributed by atoms with E-state index in [2.05, 4.69) is 15.4 Å². The molecule has 0 saturated heterocycles. The van der Waals surface area contributed by atoms with Gasteiger partial charge in [-0.2, -0.15) is 5.10 Å². The second kappa shape index (κ2) is 8.19. The maximum atomic E-state index is 13.0. The topological polar surface area (TPSA) is 59.8 Å². The first kappa shape index (κ1) is 19.4. The second-order valence-electron chi connectivity index (χ2n) is 6.70. The fourth-order valence-corrected chi connectivity index (χ4v) is 3.89. The Labute approximate surface area is 178 Å². The monoisotopic (exact) mass is 422 g/mol. The molecule has 2 aromatic carbocycles.